The highest BCUT2D eigenvalue weighted by Crippen LogP contribution is 2.36. The van der Waals surface area contributed by atoms with E-state index in [9.17, 15) is 18.8 Å². The fourth-order valence-corrected chi connectivity index (χ4v) is 5.57. The summed E-state index contributed by atoms with van der Waals surface area (Å²) < 4.78 is 17.1. The van der Waals surface area contributed by atoms with E-state index in [0.717, 1.165) is 38.8 Å². The Labute approximate surface area is 235 Å². The lowest BCUT2D eigenvalue weighted by Gasteiger charge is -2.12. The SMILES string of the molecule is Cc1c(/C=C2\SC(=O)N(CC(=O)Nc3ccc(Br)c(Cl)c3)C2=O)c2ccccc2n1Cc1ccccc1F. The van der Waals surface area contributed by atoms with Crippen LogP contribution in [0.4, 0.5) is 14.9 Å². The van der Waals surface area contributed by atoms with Crippen molar-refractivity contribution in [1.82, 2.24) is 9.47 Å². The quantitative estimate of drug-likeness (QED) is 0.233. The number of halogens is 3. The van der Waals surface area contributed by atoms with Crippen LogP contribution in [0.3, 0.4) is 0 Å². The Bertz CT molecular complexity index is 1650. The summed E-state index contributed by atoms with van der Waals surface area (Å²) in [5.74, 6) is -1.37. The predicted octanol–water partition coefficient (Wildman–Crippen LogP) is 7.23. The Kier molecular flexibility index (Phi) is 7.43. The van der Waals surface area contributed by atoms with Gasteiger partial charge in [0, 0.05) is 37.9 Å². The second-order valence-electron chi connectivity index (χ2n) is 8.64. The molecule has 6 nitrogen and oxygen atoms in total. The summed E-state index contributed by atoms with van der Waals surface area (Å²) in [6, 6.07) is 19.2. The molecule has 0 atom stereocenters. The molecule has 3 aromatic carbocycles. The molecule has 10 heteroatoms. The van der Waals surface area contributed by atoms with E-state index in [0.29, 0.717) is 27.3 Å². The van der Waals surface area contributed by atoms with Gasteiger partial charge in [0.2, 0.25) is 5.91 Å². The zero-order valence-corrected chi connectivity index (χ0v) is 23.2. The Balaban J connectivity index is 1.41. The zero-order chi connectivity index (χ0) is 27.0. The first-order valence-electron chi connectivity index (χ1n) is 11.5. The highest BCUT2D eigenvalue weighted by Gasteiger charge is 2.36. The topological polar surface area (TPSA) is 71.4 Å². The number of benzene rings is 3. The lowest BCUT2D eigenvalue weighted by Crippen LogP contribution is -2.36. The Hall–Kier alpha value is -3.40. The van der Waals surface area contributed by atoms with Gasteiger partial charge < -0.3 is 9.88 Å². The number of hydrogen-bond donors (Lipinski definition) is 1. The molecule has 1 aliphatic heterocycles. The highest BCUT2D eigenvalue weighted by atomic mass is 79.9. The van der Waals surface area contributed by atoms with Crippen molar-refractivity contribution in [3.8, 4) is 0 Å². The van der Waals surface area contributed by atoms with E-state index in [1.54, 1.807) is 42.5 Å². The average Bonchev–Trinajstić information content (AvgIpc) is 3.30. The lowest BCUT2D eigenvalue weighted by molar-refractivity contribution is -0.127. The molecular weight excluding hydrogens is 593 g/mol. The molecule has 1 fully saturated rings. The molecule has 2 heterocycles. The summed E-state index contributed by atoms with van der Waals surface area (Å²) in [5.41, 5.74) is 3.46. The van der Waals surface area contributed by atoms with Gasteiger partial charge in [0.25, 0.3) is 11.1 Å². The molecule has 0 aliphatic carbocycles. The fraction of sp³-hybridized carbons (Fsp3) is 0.107. The van der Waals surface area contributed by atoms with Crippen LogP contribution in [0, 0.1) is 12.7 Å². The van der Waals surface area contributed by atoms with E-state index in [4.69, 9.17) is 11.6 Å². The third-order valence-electron chi connectivity index (χ3n) is 6.22. The van der Waals surface area contributed by atoms with Crippen molar-refractivity contribution in [3.05, 3.63) is 104 Å². The molecule has 1 aliphatic rings. The molecule has 1 N–H and O–H groups in total. The van der Waals surface area contributed by atoms with Crippen molar-refractivity contribution in [2.75, 3.05) is 11.9 Å². The third kappa shape index (κ3) is 5.14. The summed E-state index contributed by atoms with van der Waals surface area (Å²) in [6.45, 7) is 1.78. The van der Waals surface area contributed by atoms with Crippen LogP contribution in [-0.4, -0.2) is 33.1 Å². The molecule has 192 valence electrons. The number of imide groups is 1. The van der Waals surface area contributed by atoms with Crippen LogP contribution < -0.4 is 5.32 Å². The molecule has 3 amide bonds. The Morgan fingerprint density at radius 2 is 1.84 bits per heavy atom. The molecular formula is C28H20BrClFN3O3S. The van der Waals surface area contributed by atoms with E-state index in [1.165, 1.54) is 6.07 Å². The van der Waals surface area contributed by atoms with Crippen LogP contribution in [0.25, 0.3) is 17.0 Å². The van der Waals surface area contributed by atoms with Gasteiger partial charge >= 0.3 is 0 Å². The van der Waals surface area contributed by atoms with E-state index in [2.05, 4.69) is 21.2 Å². The first-order chi connectivity index (χ1) is 18.2. The summed E-state index contributed by atoms with van der Waals surface area (Å²) >= 11 is 10.1. The third-order valence-corrected chi connectivity index (χ3v) is 8.36. The van der Waals surface area contributed by atoms with Gasteiger partial charge in [-0.15, -0.1) is 0 Å². The molecule has 38 heavy (non-hydrogen) atoms. The van der Waals surface area contributed by atoms with Crippen molar-refractivity contribution in [1.29, 1.82) is 0 Å². The number of para-hydroxylation sites is 1. The molecule has 4 aromatic rings. The van der Waals surface area contributed by atoms with Crippen molar-refractivity contribution in [2.24, 2.45) is 0 Å². The molecule has 1 aromatic heterocycles. The van der Waals surface area contributed by atoms with Crippen LogP contribution >= 0.6 is 39.3 Å². The number of nitrogens with one attached hydrogen (secondary N) is 1. The normalized spacial score (nSPS) is 14.6. The van der Waals surface area contributed by atoms with E-state index >= 15 is 0 Å². The number of carbonyl (C=O) groups is 3. The second kappa shape index (κ2) is 10.8. The van der Waals surface area contributed by atoms with Crippen LogP contribution in [-0.2, 0) is 16.1 Å². The maximum Gasteiger partial charge on any atom is 0.294 e. The minimum absolute atomic E-state index is 0.214. The van der Waals surface area contributed by atoms with Crippen molar-refractivity contribution in [2.45, 2.75) is 13.5 Å². The molecule has 0 radical (unpaired) electrons. The van der Waals surface area contributed by atoms with Gasteiger partial charge in [-0.1, -0.05) is 48.0 Å². The monoisotopic (exact) mass is 611 g/mol. The Morgan fingerprint density at radius 3 is 2.61 bits per heavy atom. The van der Waals surface area contributed by atoms with Gasteiger partial charge in [0.05, 0.1) is 16.5 Å². The predicted molar refractivity (Wildman–Crippen MR) is 153 cm³/mol. The first-order valence-corrected chi connectivity index (χ1v) is 13.5. The maximum atomic E-state index is 14.4. The molecule has 5 rings (SSSR count). The molecule has 1 saturated heterocycles. The number of amides is 3. The zero-order valence-electron chi connectivity index (χ0n) is 20.0. The van der Waals surface area contributed by atoms with Gasteiger partial charge in [-0.2, -0.15) is 0 Å². The van der Waals surface area contributed by atoms with Crippen LogP contribution in [0.15, 0.2) is 76.1 Å². The Morgan fingerprint density at radius 1 is 1.11 bits per heavy atom. The maximum absolute atomic E-state index is 14.4. The van der Waals surface area contributed by atoms with Crippen LogP contribution in [0.1, 0.15) is 16.8 Å². The number of hydrogen-bond acceptors (Lipinski definition) is 4. The average molecular weight is 613 g/mol. The van der Waals surface area contributed by atoms with Crippen molar-refractivity contribution >= 4 is 79.0 Å². The smallest absolute Gasteiger partial charge is 0.294 e. The lowest BCUT2D eigenvalue weighted by atomic mass is 10.1. The molecule has 0 bridgehead atoms. The number of thioether (sulfide) groups is 1. The summed E-state index contributed by atoms with van der Waals surface area (Å²) in [6.07, 6.45) is 1.67. The van der Waals surface area contributed by atoms with Gasteiger partial charge in [0.1, 0.15) is 12.4 Å². The highest BCUT2D eigenvalue weighted by molar-refractivity contribution is 9.10. The van der Waals surface area contributed by atoms with E-state index in [-0.39, 0.29) is 10.7 Å². The van der Waals surface area contributed by atoms with Crippen molar-refractivity contribution < 1.29 is 18.8 Å². The van der Waals surface area contributed by atoms with Gasteiger partial charge in [-0.3, -0.25) is 19.3 Å². The van der Waals surface area contributed by atoms with Crippen LogP contribution in [0.2, 0.25) is 5.02 Å². The van der Waals surface area contributed by atoms with E-state index < -0.39 is 23.6 Å². The van der Waals surface area contributed by atoms with Gasteiger partial charge in [-0.25, -0.2) is 4.39 Å². The fourth-order valence-electron chi connectivity index (χ4n) is 4.33. The van der Waals surface area contributed by atoms with Crippen molar-refractivity contribution in [3.63, 3.8) is 0 Å². The second-order valence-corrected chi connectivity index (χ2v) is 10.9. The number of anilines is 1. The summed E-state index contributed by atoms with van der Waals surface area (Å²) in [5, 5.41) is 3.42. The summed E-state index contributed by atoms with van der Waals surface area (Å²) in [7, 11) is 0. The number of carbonyl (C=O) groups excluding carboxylic acids is 3. The van der Waals surface area contributed by atoms with E-state index in [1.807, 2.05) is 35.8 Å². The number of rotatable bonds is 6. The number of aromatic nitrogens is 1. The molecule has 0 saturated carbocycles. The minimum atomic E-state index is -0.547. The largest absolute Gasteiger partial charge is 0.340 e. The molecule has 0 spiro atoms. The number of nitrogens with zero attached hydrogens (tertiary/aromatic N) is 2. The standard InChI is InChI=1S/C28H20BrClFN3O3S/c1-16-20(19-7-3-5-9-24(19)33(16)14-17-6-2-4-8-23(17)31)13-25-27(36)34(28(37)38-25)15-26(35)32-18-10-11-21(29)22(30)12-18/h2-13H,14-15H2,1H3,(H,32,35)/b25-13-. The van der Waals surface area contributed by atoms with Gasteiger partial charge in [-0.05, 0) is 71.0 Å². The number of fused-ring (bicyclic) bond motifs is 1. The van der Waals surface area contributed by atoms with Crippen LogP contribution in [0.5, 0.6) is 0 Å². The first kappa shape index (κ1) is 26.2. The molecule has 0 unspecified atom stereocenters. The minimum Gasteiger partial charge on any atom is -0.340 e. The summed E-state index contributed by atoms with van der Waals surface area (Å²) in [4.78, 5) is 39.5. The van der Waals surface area contributed by atoms with Gasteiger partial charge in [0.15, 0.2) is 0 Å².